The van der Waals surface area contributed by atoms with Crippen LogP contribution in [0, 0.1) is 5.41 Å². The summed E-state index contributed by atoms with van der Waals surface area (Å²) in [6.07, 6.45) is -0.625. The summed E-state index contributed by atoms with van der Waals surface area (Å²) in [6, 6.07) is 7.66. The van der Waals surface area contributed by atoms with Crippen LogP contribution in [0.1, 0.15) is 36.9 Å². The Morgan fingerprint density at radius 1 is 1.15 bits per heavy atom. The molecule has 12 heteroatoms. The molecular formula is C22H26ClF3N4O3S. The fourth-order valence-electron chi connectivity index (χ4n) is 4.43. The first-order valence-corrected chi connectivity index (χ1v) is 13.0. The molecule has 0 bridgehead atoms. The van der Waals surface area contributed by atoms with Gasteiger partial charge in [-0.05, 0) is 48.8 Å². The van der Waals surface area contributed by atoms with E-state index in [-0.39, 0.29) is 29.6 Å². The number of ether oxygens (including phenoxy) is 1. The van der Waals surface area contributed by atoms with E-state index < -0.39 is 21.9 Å². The van der Waals surface area contributed by atoms with Crippen LogP contribution in [0.2, 0.25) is 5.02 Å². The molecule has 1 aromatic heterocycles. The average Bonchev–Trinajstić information content (AvgIpc) is 2.80. The molecule has 1 N–H and O–H groups in total. The number of anilines is 1. The second-order valence-electron chi connectivity index (χ2n) is 8.95. The van der Waals surface area contributed by atoms with Gasteiger partial charge in [0.2, 0.25) is 10.0 Å². The highest BCUT2D eigenvalue weighted by molar-refractivity contribution is 7.88. The number of piperidine rings is 1. The largest absolute Gasteiger partial charge is 0.433 e. The Kier molecular flexibility index (Phi) is 7.37. The van der Waals surface area contributed by atoms with Crippen molar-refractivity contribution in [2.75, 3.05) is 31.1 Å². The van der Waals surface area contributed by atoms with E-state index >= 15 is 0 Å². The van der Waals surface area contributed by atoms with E-state index in [0.29, 0.717) is 30.3 Å². The fourth-order valence-corrected chi connectivity index (χ4v) is 5.73. The van der Waals surface area contributed by atoms with E-state index in [1.54, 1.807) is 24.3 Å². The highest BCUT2D eigenvalue weighted by Gasteiger charge is 2.40. The van der Waals surface area contributed by atoms with Crippen molar-refractivity contribution < 1.29 is 26.3 Å². The average molecular weight is 519 g/mol. The lowest BCUT2D eigenvalue weighted by molar-refractivity contribution is -0.141. The minimum Gasteiger partial charge on any atom is -0.376 e. The highest BCUT2D eigenvalue weighted by atomic mass is 35.5. The number of alkyl halides is 3. The maximum atomic E-state index is 12.9. The van der Waals surface area contributed by atoms with Crippen LogP contribution in [0.4, 0.5) is 19.0 Å². The summed E-state index contributed by atoms with van der Waals surface area (Å²) in [5, 5.41) is 0.549. The van der Waals surface area contributed by atoms with Gasteiger partial charge in [0.15, 0.2) is 0 Å². The van der Waals surface area contributed by atoms with Crippen molar-refractivity contribution in [2.24, 2.45) is 5.41 Å². The summed E-state index contributed by atoms with van der Waals surface area (Å²) in [4.78, 5) is 9.18. The van der Waals surface area contributed by atoms with Crippen molar-refractivity contribution in [2.45, 2.75) is 43.7 Å². The van der Waals surface area contributed by atoms with Crippen molar-refractivity contribution in [3.8, 4) is 0 Å². The van der Waals surface area contributed by atoms with Crippen LogP contribution in [0.25, 0.3) is 0 Å². The summed E-state index contributed by atoms with van der Waals surface area (Å²) in [5.41, 5.74) is -0.340. The number of aromatic nitrogens is 2. The number of sulfonamides is 1. The summed E-state index contributed by atoms with van der Waals surface area (Å²) in [7, 11) is -3.50. The number of benzene rings is 1. The van der Waals surface area contributed by atoms with Crippen LogP contribution >= 0.6 is 11.6 Å². The molecule has 1 aromatic carbocycles. The molecule has 4 rings (SSSR count). The van der Waals surface area contributed by atoms with Gasteiger partial charge in [0.25, 0.3) is 0 Å². The lowest BCUT2D eigenvalue weighted by Gasteiger charge is -2.46. The van der Waals surface area contributed by atoms with E-state index in [1.807, 2.05) is 4.90 Å². The molecule has 7 nitrogen and oxygen atoms in total. The number of halogens is 4. The van der Waals surface area contributed by atoms with Gasteiger partial charge in [-0.25, -0.2) is 23.1 Å². The number of rotatable bonds is 6. The van der Waals surface area contributed by atoms with Crippen LogP contribution in [0.5, 0.6) is 0 Å². The van der Waals surface area contributed by atoms with Crippen LogP contribution in [-0.2, 0) is 26.7 Å². The first-order valence-electron chi connectivity index (χ1n) is 11.0. The van der Waals surface area contributed by atoms with Gasteiger partial charge in [-0.1, -0.05) is 23.7 Å². The molecule has 2 aliphatic rings. The quantitative estimate of drug-likeness (QED) is 0.621. The van der Waals surface area contributed by atoms with Gasteiger partial charge < -0.3 is 9.64 Å². The zero-order valence-electron chi connectivity index (χ0n) is 18.4. The second kappa shape index (κ2) is 9.96. The number of hydrogen-bond acceptors (Lipinski definition) is 6. The van der Waals surface area contributed by atoms with Crippen molar-refractivity contribution in [1.82, 2.24) is 14.7 Å². The molecule has 186 valence electrons. The molecule has 0 aliphatic carbocycles. The topological polar surface area (TPSA) is 84.4 Å². The Balaban J connectivity index is 1.24. The Hall–Kier alpha value is -1.95. The van der Waals surface area contributed by atoms with Gasteiger partial charge in [-0.3, -0.25) is 0 Å². The molecule has 34 heavy (non-hydrogen) atoms. The van der Waals surface area contributed by atoms with Gasteiger partial charge in [0.05, 0.1) is 18.5 Å². The standard InChI is InChI=1S/C22H26ClF3N4O3S/c23-17-3-1-16(2-4-17)13-34(31,32)29-12-18-5-6-21(14-33-18)7-9-30(10-8-21)20-11-19(22(24,25)26)27-15-28-20/h1-4,11,15,18,29H,5-10,12-14H2. The maximum absolute atomic E-state index is 12.9. The maximum Gasteiger partial charge on any atom is 0.433 e. The third-order valence-electron chi connectivity index (χ3n) is 6.51. The minimum atomic E-state index is -4.50. The zero-order valence-corrected chi connectivity index (χ0v) is 20.0. The van der Waals surface area contributed by atoms with Crippen LogP contribution in [0.15, 0.2) is 36.7 Å². The lowest BCUT2D eigenvalue weighted by Crippen LogP contribution is -2.47. The van der Waals surface area contributed by atoms with E-state index in [9.17, 15) is 21.6 Å². The number of nitrogens with one attached hydrogen (secondary N) is 1. The lowest BCUT2D eigenvalue weighted by atomic mass is 9.73. The molecule has 0 amide bonds. The molecule has 1 atom stereocenters. The van der Waals surface area contributed by atoms with Gasteiger partial charge in [0.1, 0.15) is 17.8 Å². The molecular weight excluding hydrogens is 493 g/mol. The summed E-state index contributed by atoms with van der Waals surface area (Å²) < 4.78 is 72.3. The fraction of sp³-hybridized carbons (Fsp3) is 0.545. The first kappa shape index (κ1) is 25.2. The normalized spacial score (nSPS) is 21.1. The van der Waals surface area contributed by atoms with E-state index in [0.717, 1.165) is 38.1 Å². The Morgan fingerprint density at radius 3 is 2.47 bits per heavy atom. The SMILES string of the molecule is O=S(=O)(Cc1ccc(Cl)cc1)NCC1CCC2(CCN(c3cc(C(F)(F)F)ncn3)CC2)CO1. The van der Waals surface area contributed by atoms with Crippen molar-refractivity contribution >= 4 is 27.4 Å². The Bertz CT molecular complexity index is 1080. The minimum absolute atomic E-state index is 0.0466. The predicted molar refractivity (Wildman–Crippen MR) is 122 cm³/mol. The van der Waals surface area contributed by atoms with Crippen LogP contribution < -0.4 is 9.62 Å². The first-order chi connectivity index (χ1) is 16.0. The molecule has 2 aliphatic heterocycles. The highest BCUT2D eigenvalue weighted by Crippen LogP contribution is 2.41. The van der Waals surface area contributed by atoms with Gasteiger partial charge >= 0.3 is 6.18 Å². The third-order valence-corrected chi connectivity index (χ3v) is 8.09. The zero-order chi connectivity index (χ0) is 24.4. The van der Waals surface area contributed by atoms with Crippen molar-refractivity contribution in [3.63, 3.8) is 0 Å². The van der Waals surface area contributed by atoms with E-state index in [2.05, 4.69) is 14.7 Å². The van der Waals surface area contributed by atoms with Gasteiger partial charge in [0, 0.05) is 30.7 Å². The molecule has 0 radical (unpaired) electrons. The molecule has 1 unspecified atom stereocenters. The van der Waals surface area contributed by atoms with Crippen molar-refractivity contribution in [3.05, 3.63) is 52.9 Å². The monoisotopic (exact) mass is 518 g/mol. The second-order valence-corrected chi connectivity index (χ2v) is 11.2. The summed E-state index contributed by atoms with van der Waals surface area (Å²) in [5.74, 6) is 0.150. The Labute approximate surface area is 201 Å². The van der Waals surface area contributed by atoms with E-state index in [4.69, 9.17) is 16.3 Å². The van der Waals surface area contributed by atoms with E-state index in [1.165, 1.54) is 0 Å². The number of hydrogen-bond donors (Lipinski definition) is 1. The number of nitrogens with zero attached hydrogens (tertiary/aromatic N) is 3. The van der Waals surface area contributed by atoms with Crippen LogP contribution in [0.3, 0.4) is 0 Å². The molecule has 3 heterocycles. The van der Waals surface area contributed by atoms with Gasteiger partial charge in [-0.2, -0.15) is 13.2 Å². The third kappa shape index (κ3) is 6.38. The molecule has 0 saturated carbocycles. The van der Waals surface area contributed by atoms with Crippen LogP contribution in [-0.4, -0.2) is 50.7 Å². The molecule has 1 spiro atoms. The molecule has 2 fully saturated rings. The summed E-state index contributed by atoms with van der Waals surface area (Å²) in [6.45, 7) is 1.87. The molecule has 2 aromatic rings. The Morgan fingerprint density at radius 2 is 1.85 bits per heavy atom. The van der Waals surface area contributed by atoms with Gasteiger partial charge in [-0.15, -0.1) is 0 Å². The molecule has 2 saturated heterocycles. The summed E-state index contributed by atoms with van der Waals surface area (Å²) >= 11 is 5.84. The van der Waals surface area contributed by atoms with Crippen molar-refractivity contribution in [1.29, 1.82) is 0 Å². The predicted octanol–water partition coefficient (Wildman–Crippen LogP) is 4.03. The smallest absolute Gasteiger partial charge is 0.376 e.